The maximum Gasteiger partial charge on any atom is 0.276 e. The first kappa shape index (κ1) is 13.0. The van der Waals surface area contributed by atoms with E-state index in [1.54, 1.807) is 4.68 Å². The SMILES string of the molecule is Cc1c(C(N)CS)c(=O)n(-c2ccccc2)n1C. The van der Waals surface area contributed by atoms with Crippen molar-refractivity contribution in [3.05, 3.63) is 51.9 Å². The van der Waals surface area contributed by atoms with Gasteiger partial charge in [-0.1, -0.05) is 18.2 Å². The second-order valence-corrected chi connectivity index (χ2v) is 4.63. The number of nitrogens with two attached hydrogens (primary N) is 1. The number of thiol groups is 1. The minimum absolute atomic E-state index is 0.0669. The maximum absolute atomic E-state index is 12.4. The number of para-hydroxylation sites is 1. The van der Waals surface area contributed by atoms with Crippen LogP contribution in [0.2, 0.25) is 0 Å². The van der Waals surface area contributed by atoms with Crippen molar-refractivity contribution in [3.63, 3.8) is 0 Å². The average molecular weight is 263 g/mol. The van der Waals surface area contributed by atoms with Crippen LogP contribution in [0.1, 0.15) is 17.3 Å². The summed E-state index contributed by atoms with van der Waals surface area (Å²) < 4.78 is 3.46. The molecule has 2 aromatic rings. The Morgan fingerprint density at radius 2 is 1.94 bits per heavy atom. The Morgan fingerprint density at radius 1 is 1.33 bits per heavy atom. The fraction of sp³-hybridized carbons (Fsp3) is 0.308. The summed E-state index contributed by atoms with van der Waals surface area (Å²) in [6.45, 7) is 1.90. The molecule has 5 heteroatoms. The molecule has 1 heterocycles. The lowest BCUT2D eigenvalue weighted by Gasteiger charge is -2.07. The fourth-order valence-electron chi connectivity index (χ4n) is 2.11. The molecule has 4 nitrogen and oxygen atoms in total. The van der Waals surface area contributed by atoms with Crippen molar-refractivity contribution in [1.29, 1.82) is 0 Å². The van der Waals surface area contributed by atoms with Crippen LogP contribution in [0.3, 0.4) is 0 Å². The molecular formula is C13H17N3OS. The normalized spacial score (nSPS) is 12.7. The van der Waals surface area contributed by atoms with Crippen LogP contribution in [0.15, 0.2) is 35.1 Å². The summed E-state index contributed by atoms with van der Waals surface area (Å²) in [5.74, 6) is 0.453. The van der Waals surface area contributed by atoms with Crippen LogP contribution in [0.5, 0.6) is 0 Å². The van der Waals surface area contributed by atoms with E-state index in [0.717, 1.165) is 11.4 Å². The van der Waals surface area contributed by atoms with Crippen LogP contribution in [0, 0.1) is 6.92 Å². The minimum atomic E-state index is -0.336. The molecule has 96 valence electrons. The molecule has 2 rings (SSSR count). The van der Waals surface area contributed by atoms with E-state index >= 15 is 0 Å². The predicted molar refractivity (Wildman–Crippen MR) is 76.5 cm³/mol. The van der Waals surface area contributed by atoms with Gasteiger partial charge < -0.3 is 5.73 Å². The molecule has 0 amide bonds. The standard InChI is InChI=1S/C13H17N3OS/c1-9-12(11(14)8-18)13(17)16(15(9)2)10-6-4-3-5-7-10/h3-7,11,18H,8,14H2,1-2H3. The van der Waals surface area contributed by atoms with E-state index in [-0.39, 0.29) is 11.6 Å². The van der Waals surface area contributed by atoms with E-state index in [4.69, 9.17) is 5.73 Å². The smallest absolute Gasteiger partial charge is 0.276 e. The number of aromatic nitrogens is 2. The summed E-state index contributed by atoms with van der Waals surface area (Å²) in [4.78, 5) is 12.4. The van der Waals surface area contributed by atoms with Gasteiger partial charge in [-0.25, -0.2) is 4.68 Å². The molecule has 0 saturated carbocycles. The summed E-state index contributed by atoms with van der Waals surface area (Å²) in [7, 11) is 1.86. The van der Waals surface area contributed by atoms with E-state index < -0.39 is 0 Å². The topological polar surface area (TPSA) is 53.0 Å². The lowest BCUT2D eigenvalue weighted by molar-refractivity contribution is 0.630. The zero-order valence-corrected chi connectivity index (χ0v) is 11.4. The number of hydrogen-bond donors (Lipinski definition) is 2. The molecule has 1 aromatic heterocycles. The van der Waals surface area contributed by atoms with Crippen LogP contribution in [-0.4, -0.2) is 15.1 Å². The Bertz CT molecular complexity index is 601. The molecule has 1 aromatic carbocycles. The summed E-state index contributed by atoms with van der Waals surface area (Å²) in [6.07, 6.45) is 0. The molecule has 0 fully saturated rings. The van der Waals surface area contributed by atoms with Crippen molar-refractivity contribution >= 4 is 12.6 Å². The fourth-order valence-corrected chi connectivity index (χ4v) is 2.29. The Balaban J connectivity index is 2.68. The summed E-state index contributed by atoms with van der Waals surface area (Å²) in [5.41, 5.74) is 8.24. The van der Waals surface area contributed by atoms with E-state index in [9.17, 15) is 4.79 Å². The molecule has 2 N–H and O–H groups in total. The van der Waals surface area contributed by atoms with Gasteiger partial charge in [0.05, 0.1) is 11.3 Å². The van der Waals surface area contributed by atoms with Crippen LogP contribution < -0.4 is 11.3 Å². The van der Waals surface area contributed by atoms with Gasteiger partial charge in [-0.2, -0.15) is 12.6 Å². The molecule has 0 aliphatic carbocycles. The predicted octanol–water partition coefficient (Wildman–Crippen LogP) is 1.41. The molecule has 0 aliphatic rings. The highest BCUT2D eigenvalue weighted by atomic mass is 32.1. The molecule has 18 heavy (non-hydrogen) atoms. The van der Waals surface area contributed by atoms with Gasteiger partial charge in [-0.3, -0.25) is 9.48 Å². The molecule has 1 unspecified atom stereocenters. The molecule has 0 radical (unpaired) electrons. The molecular weight excluding hydrogens is 246 g/mol. The van der Waals surface area contributed by atoms with E-state index in [2.05, 4.69) is 12.6 Å². The van der Waals surface area contributed by atoms with Crippen molar-refractivity contribution < 1.29 is 0 Å². The molecule has 0 saturated heterocycles. The molecule has 0 aliphatic heterocycles. The highest BCUT2D eigenvalue weighted by Gasteiger charge is 2.20. The van der Waals surface area contributed by atoms with E-state index in [0.29, 0.717) is 11.3 Å². The average Bonchev–Trinajstić information content (AvgIpc) is 2.61. The van der Waals surface area contributed by atoms with Gasteiger partial charge in [-0.05, 0) is 19.1 Å². The minimum Gasteiger partial charge on any atom is -0.323 e. The Hall–Kier alpha value is -1.46. The molecule has 1 atom stereocenters. The van der Waals surface area contributed by atoms with Crippen molar-refractivity contribution in [2.24, 2.45) is 12.8 Å². The number of benzene rings is 1. The quantitative estimate of drug-likeness (QED) is 0.823. The summed E-state index contributed by atoms with van der Waals surface area (Å²) >= 11 is 4.17. The zero-order chi connectivity index (χ0) is 13.3. The van der Waals surface area contributed by atoms with Crippen molar-refractivity contribution in [1.82, 2.24) is 9.36 Å². The van der Waals surface area contributed by atoms with Gasteiger partial charge in [0.1, 0.15) is 0 Å². The van der Waals surface area contributed by atoms with Crippen molar-refractivity contribution in [2.75, 3.05) is 5.75 Å². The second-order valence-electron chi connectivity index (χ2n) is 4.26. The van der Waals surface area contributed by atoms with E-state index in [1.807, 2.05) is 49.0 Å². The lowest BCUT2D eigenvalue weighted by Crippen LogP contribution is -2.25. The number of hydrogen-bond acceptors (Lipinski definition) is 3. The third kappa shape index (κ3) is 2.00. The second kappa shape index (κ2) is 5.04. The van der Waals surface area contributed by atoms with Gasteiger partial charge >= 0.3 is 0 Å². The van der Waals surface area contributed by atoms with Gasteiger partial charge in [0.15, 0.2) is 0 Å². The zero-order valence-electron chi connectivity index (χ0n) is 10.5. The van der Waals surface area contributed by atoms with Gasteiger partial charge in [0, 0.05) is 24.5 Å². The molecule has 0 spiro atoms. The van der Waals surface area contributed by atoms with Crippen LogP contribution >= 0.6 is 12.6 Å². The number of rotatable bonds is 3. The summed E-state index contributed by atoms with van der Waals surface area (Å²) in [6, 6.07) is 9.19. The van der Waals surface area contributed by atoms with E-state index in [1.165, 1.54) is 0 Å². The Kier molecular flexibility index (Phi) is 3.63. The largest absolute Gasteiger partial charge is 0.323 e. The lowest BCUT2D eigenvalue weighted by atomic mass is 10.1. The first-order valence-corrected chi connectivity index (χ1v) is 6.41. The van der Waals surface area contributed by atoms with Crippen LogP contribution in [0.4, 0.5) is 0 Å². The Morgan fingerprint density at radius 3 is 2.50 bits per heavy atom. The van der Waals surface area contributed by atoms with Gasteiger partial charge in [-0.15, -0.1) is 0 Å². The highest BCUT2D eigenvalue weighted by Crippen LogP contribution is 2.15. The van der Waals surface area contributed by atoms with Crippen LogP contribution in [0.25, 0.3) is 5.69 Å². The molecule has 0 bridgehead atoms. The first-order valence-electron chi connectivity index (χ1n) is 5.78. The number of nitrogens with zero attached hydrogens (tertiary/aromatic N) is 2. The third-order valence-corrected chi connectivity index (χ3v) is 3.56. The first-order chi connectivity index (χ1) is 8.57. The third-order valence-electron chi connectivity index (χ3n) is 3.17. The summed E-state index contributed by atoms with van der Waals surface area (Å²) in [5, 5.41) is 0. The van der Waals surface area contributed by atoms with Crippen molar-refractivity contribution in [3.8, 4) is 5.69 Å². The van der Waals surface area contributed by atoms with Crippen LogP contribution in [-0.2, 0) is 7.05 Å². The highest BCUT2D eigenvalue weighted by molar-refractivity contribution is 7.80. The monoisotopic (exact) mass is 263 g/mol. The maximum atomic E-state index is 12.4. The van der Waals surface area contributed by atoms with Gasteiger partial charge in [0.25, 0.3) is 5.56 Å². The Labute approximate surface area is 111 Å². The van der Waals surface area contributed by atoms with Gasteiger partial charge in [0.2, 0.25) is 0 Å². The van der Waals surface area contributed by atoms with Crippen molar-refractivity contribution in [2.45, 2.75) is 13.0 Å².